The summed E-state index contributed by atoms with van der Waals surface area (Å²) in [7, 11) is 0. The third-order valence-corrected chi connectivity index (χ3v) is 1.58. The molecule has 0 atom stereocenters. The smallest absolute Gasteiger partial charge is 0.489 e. The third kappa shape index (κ3) is 4.35. The van der Waals surface area contributed by atoms with Crippen LogP contribution >= 0.6 is 0 Å². The van der Waals surface area contributed by atoms with Gasteiger partial charge in [-0.15, -0.1) is 13.2 Å². The van der Waals surface area contributed by atoms with Gasteiger partial charge in [-0.05, 0) is 12.1 Å². The zero-order chi connectivity index (χ0) is 12.2. The van der Waals surface area contributed by atoms with Crippen molar-refractivity contribution >= 4 is 5.69 Å². The Morgan fingerprint density at radius 2 is 1.88 bits per heavy atom. The molecule has 0 aliphatic rings. The van der Waals surface area contributed by atoms with E-state index in [0.29, 0.717) is 0 Å². The van der Waals surface area contributed by atoms with E-state index in [0.717, 1.165) is 12.1 Å². The van der Waals surface area contributed by atoms with E-state index in [1.165, 1.54) is 6.07 Å². The Bertz CT molecular complexity index is 354. The first-order valence-corrected chi connectivity index (χ1v) is 4.27. The van der Waals surface area contributed by atoms with Gasteiger partial charge in [0.05, 0.1) is 12.3 Å². The molecule has 0 aliphatic heterocycles. The van der Waals surface area contributed by atoms with E-state index in [1.807, 2.05) is 0 Å². The predicted molar refractivity (Wildman–Crippen MR) is 48.3 cm³/mol. The molecule has 0 amide bonds. The topological polar surface area (TPSA) is 44.5 Å². The van der Waals surface area contributed by atoms with Crippen molar-refractivity contribution in [3.63, 3.8) is 0 Å². The van der Waals surface area contributed by atoms with E-state index in [4.69, 9.17) is 10.5 Å². The van der Waals surface area contributed by atoms with Gasteiger partial charge in [0.25, 0.3) is 0 Å². The second kappa shape index (κ2) is 5.02. The summed E-state index contributed by atoms with van der Waals surface area (Å²) in [6.45, 7) is -1.05. The van der Waals surface area contributed by atoms with Crippen LogP contribution in [0.2, 0.25) is 0 Å². The summed E-state index contributed by atoms with van der Waals surface area (Å²) in [6.07, 6.45) is -4.70. The second-order valence-corrected chi connectivity index (χ2v) is 2.82. The Kier molecular flexibility index (Phi) is 3.94. The lowest BCUT2D eigenvalue weighted by Crippen LogP contribution is -2.18. The van der Waals surface area contributed by atoms with Crippen molar-refractivity contribution in [2.45, 2.75) is 6.36 Å². The van der Waals surface area contributed by atoms with Crippen LogP contribution in [-0.2, 0) is 4.74 Å². The van der Waals surface area contributed by atoms with Crippen LogP contribution in [-0.4, -0.2) is 19.6 Å². The van der Waals surface area contributed by atoms with Crippen LogP contribution in [0.25, 0.3) is 0 Å². The van der Waals surface area contributed by atoms with E-state index in [2.05, 4.69) is 4.74 Å². The Hall–Kier alpha value is -1.50. The fraction of sp³-hybridized carbons (Fsp3) is 0.333. The van der Waals surface area contributed by atoms with Gasteiger partial charge in [-0.2, -0.15) is 0 Å². The molecule has 0 saturated carbocycles. The van der Waals surface area contributed by atoms with Gasteiger partial charge in [0, 0.05) is 6.07 Å². The van der Waals surface area contributed by atoms with Gasteiger partial charge in [0.1, 0.15) is 18.2 Å². The predicted octanol–water partition coefficient (Wildman–Crippen LogP) is 2.32. The van der Waals surface area contributed by atoms with Gasteiger partial charge in [0.15, 0.2) is 0 Å². The summed E-state index contributed by atoms with van der Waals surface area (Å²) < 4.78 is 55.7. The van der Waals surface area contributed by atoms with Crippen LogP contribution in [0.1, 0.15) is 0 Å². The maximum Gasteiger partial charge on any atom is 0.522 e. The first-order valence-electron chi connectivity index (χ1n) is 4.27. The normalized spacial score (nSPS) is 11.5. The number of rotatable bonds is 4. The number of benzene rings is 1. The van der Waals surface area contributed by atoms with Crippen molar-refractivity contribution < 1.29 is 27.0 Å². The molecule has 0 saturated heterocycles. The molecule has 3 nitrogen and oxygen atoms in total. The lowest BCUT2D eigenvalue weighted by molar-refractivity contribution is -0.325. The van der Waals surface area contributed by atoms with Crippen molar-refractivity contribution in [1.82, 2.24) is 0 Å². The highest BCUT2D eigenvalue weighted by Gasteiger charge is 2.28. The quantitative estimate of drug-likeness (QED) is 0.498. The molecule has 16 heavy (non-hydrogen) atoms. The van der Waals surface area contributed by atoms with Crippen molar-refractivity contribution in [3.8, 4) is 5.75 Å². The summed E-state index contributed by atoms with van der Waals surface area (Å²) in [5.74, 6) is -0.591. The Morgan fingerprint density at radius 3 is 2.50 bits per heavy atom. The number of alkyl halides is 3. The molecule has 0 aromatic heterocycles. The molecule has 90 valence electrons. The van der Waals surface area contributed by atoms with E-state index < -0.39 is 18.8 Å². The number of nitrogen functional groups attached to an aromatic ring is 1. The zero-order valence-corrected chi connectivity index (χ0v) is 8.05. The number of halogens is 4. The lowest BCUT2D eigenvalue weighted by atomic mass is 10.3. The fourth-order valence-corrected chi connectivity index (χ4v) is 0.942. The van der Waals surface area contributed by atoms with Crippen LogP contribution in [0.15, 0.2) is 18.2 Å². The molecule has 1 aromatic carbocycles. The largest absolute Gasteiger partial charge is 0.522 e. The Morgan fingerprint density at radius 1 is 1.19 bits per heavy atom. The van der Waals surface area contributed by atoms with Crippen LogP contribution < -0.4 is 10.5 Å². The summed E-state index contributed by atoms with van der Waals surface area (Å²) in [5.41, 5.74) is 5.55. The monoisotopic (exact) mass is 239 g/mol. The van der Waals surface area contributed by atoms with Crippen molar-refractivity contribution in [2.24, 2.45) is 0 Å². The van der Waals surface area contributed by atoms with E-state index in [-0.39, 0.29) is 18.0 Å². The lowest BCUT2D eigenvalue weighted by Gasteiger charge is -2.10. The molecule has 0 fully saturated rings. The minimum absolute atomic E-state index is 0.00854. The number of anilines is 1. The summed E-state index contributed by atoms with van der Waals surface area (Å²) in [4.78, 5) is 0. The van der Waals surface area contributed by atoms with Crippen molar-refractivity contribution in [2.75, 3.05) is 18.9 Å². The molecular weight excluding hydrogens is 230 g/mol. The maximum absolute atomic E-state index is 12.7. The Labute approximate surface area is 88.8 Å². The molecule has 0 aliphatic carbocycles. The van der Waals surface area contributed by atoms with E-state index in [1.54, 1.807) is 0 Å². The molecule has 7 heteroatoms. The molecule has 2 N–H and O–H groups in total. The molecule has 0 bridgehead atoms. The van der Waals surface area contributed by atoms with Gasteiger partial charge < -0.3 is 10.5 Å². The molecule has 0 radical (unpaired) electrons. The van der Waals surface area contributed by atoms with Gasteiger partial charge in [-0.3, -0.25) is 4.74 Å². The fourth-order valence-electron chi connectivity index (χ4n) is 0.942. The van der Waals surface area contributed by atoms with Crippen molar-refractivity contribution in [3.05, 3.63) is 24.0 Å². The van der Waals surface area contributed by atoms with Gasteiger partial charge in [0.2, 0.25) is 0 Å². The minimum atomic E-state index is -4.70. The highest BCUT2D eigenvalue weighted by molar-refractivity contribution is 5.52. The van der Waals surface area contributed by atoms with Crippen LogP contribution in [0.5, 0.6) is 5.75 Å². The van der Waals surface area contributed by atoms with Crippen molar-refractivity contribution in [1.29, 1.82) is 0 Å². The Balaban J connectivity index is 2.40. The summed E-state index contributed by atoms with van der Waals surface area (Å²) in [5, 5.41) is 0. The average molecular weight is 239 g/mol. The summed E-state index contributed by atoms with van der Waals surface area (Å²) in [6, 6.07) is 3.37. The zero-order valence-electron chi connectivity index (χ0n) is 8.05. The molecule has 0 spiro atoms. The average Bonchev–Trinajstić information content (AvgIpc) is 2.16. The van der Waals surface area contributed by atoms with E-state index >= 15 is 0 Å². The first-order chi connectivity index (χ1) is 7.38. The van der Waals surface area contributed by atoms with Gasteiger partial charge in [-0.25, -0.2) is 4.39 Å². The van der Waals surface area contributed by atoms with Gasteiger partial charge in [-0.1, -0.05) is 0 Å². The third-order valence-electron chi connectivity index (χ3n) is 1.58. The first kappa shape index (κ1) is 12.6. The summed E-state index contributed by atoms with van der Waals surface area (Å²) >= 11 is 0. The minimum Gasteiger partial charge on any atom is -0.489 e. The van der Waals surface area contributed by atoms with Gasteiger partial charge >= 0.3 is 6.36 Å². The highest BCUT2D eigenvalue weighted by Crippen LogP contribution is 2.22. The molecule has 1 rings (SSSR count). The molecule has 0 heterocycles. The number of ether oxygens (including phenoxy) is 2. The van der Waals surface area contributed by atoms with Crippen LogP contribution in [0, 0.1) is 5.82 Å². The van der Waals surface area contributed by atoms with E-state index in [9.17, 15) is 17.6 Å². The maximum atomic E-state index is 12.7. The number of hydrogen-bond acceptors (Lipinski definition) is 3. The second-order valence-electron chi connectivity index (χ2n) is 2.82. The SMILES string of the molecule is Nc1ccc(F)cc1OCCOC(F)(F)F. The molecule has 1 aromatic rings. The highest BCUT2D eigenvalue weighted by atomic mass is 19.4. The molecule has 0 unspecified atom stereocenters. The van der Waals surface area contributed by atoms with Crippen LogP contribution in [0.4, 0.5) is 23.2 Å². The standard InChI is InChI=1S/C9H9F4NO2/c10-6-1-2-7(14)8(5-6)15-3-4-16-9(11,12)13/h1-2,5H,3-4,14H2. The molecular formula is C9H9F4NO2. The number of nitrogens with two attached hydrogens (primary N) is 1. The number of hydrogen-bond donors (Lipinski definition) is 1. The van der Waals surface area contributed by atoms with Crippen LogP contribution in [0.3, 0.4) is 0 Å².